The second-order valence-corrected chi connectivity index (χ2v) is 5.51. The Labute approximate surface area is 126 Å². The van der Waals surface area contributed by atoms with Gasteiger partial charge in [-0.2, -0.15) is 0 Å². The van der Waals surface area contributed by atoms with E-state index in [0.29, 0.717) is 6.54 Å². The van der Waals surface area contributed by atoms with E-state index >= 15 is 0 Å². The van der Waals surface area contributed by atoms with Crippen molar-refractivity contribution in [2.75, 3.05) is 6.54 Å². The van der Waals surface area contributed by atoms with Gasteiger partial charge < -0.3 is 15.7 Å². The smallest absolute Gasteiger partial charge is 0.404 e. The van der Waals surface area contributed by atoms with Crippen molar-refractivity contribution in [3.05, 3.63) is 35.4 Å². The largest absolute Gasteiger partial charge is 0.465 e. The standard InChI is InChI=1S/C15H18F2N2O3/c16-12-6-3-10(7-13(12)17)14(20)19-11-4-1-9(2-5-11)8-18-15(21)22/h3,6-7,9,11,18H,1-2,4-5,8H2,(H,19,20)(H,21,22). The van der Waals surface area contributed by atoms with Crippen LogP contribution in [0.5, 0.6) is 0 Å². The third-order valence-electron chi connectivity index (χ3n) is 3.91. The monoisotopic (exact) mass is 312 g/mol. The summed E-state index contributed by atoms with van der Waals surface area (Å²) < 4.78 is 25.9. The van der Waals surface area contributed by atoms with E-state index < -0.39 is 23.6 Å². The Morgan fingerprint density at radius 2 is 1.82 bits per heavy atom. The van der Waals surface area contributed by atoms with Crippen molar-refractivity contribution in [3.8, 4) is 0 Å². The van der Waals surface area contributed by atoms with E-state index in [9.17, 15) is 18.4 Å². The van der Waals surface area contributed by atoms with Crippen LogP contribution in [0, 0.1) is 17.6 Å². The highest BCUT2D eigenvalue weighted by molar-refractivity contribution is 5.94. The van der Waals surface area contributed by atoms with Crippen LogP contribution in [0.3, 0.4) is 0 Å². The van der Waals surface area contributed by atoms with Gasteiger partial charge in [-0.25, -0.2) is 13.6 Å². The molecule has 22 heavy (non-hydrogen) atoms. The molecule has 1 aliphatic carbocycles. The van der Waals surface area contributed by atoms with Gasteiger partial charge in [0, 0.05) is 18.2 Å². The van der Waals surface area contributed by atoms with Crippen LogP contribution >= 0.6 is 0 Å². The lowest BCUT2D eigenvalue weighted by atomic mass is 9.86. The molecule has 0 saturated heterocycles. The summed E-state index contributed by atoms with van der Waals surface area (Å²) in [5.41, 5.74) is 0.0913. The topological polar surface area (TPSA) is 78.4 Å². The molecule has 2 amide bonds. The molecule has 1 aromatic rings. The second-order valence-electron chi connectivity index (χ2n) is 5.51. The molecule has 0 unspecified atom stereocenters. The molecule has 0 spiro atoms. The van der Waals surface area contributed by atoms with Gasteiger partial charge in [0.15, 0.2) is 11.6 Å². The van der Waals surface area contributed by atoms with Gasteiger partial charge in [-0.1, -0.05) is 0 Å². The van der Waals surface area contributed by atoms with Crippen LogP contribution in [0.1, 0.15) is 36.0 Å². The Bertz CT molecular complexity index is 558. The molecule has 1 fully saturated rings. The zero-order chi connectivity index (χ0) is 16.1. The minimum Gasteiger partial charge on any atom is -0.465 e. The lowest BCUT2D eigenvalue weighted by Crippen LogP contribution is -2.39. The zero-order valence-corrected chi connectivity index (χ0v) is 11.9. The van der Waals surface area contributed by atoms with Crippen LogP contribution in [0.15, 0.2) is 18.2 Å². The average molecular weight is 312 g/mol. The maximum atomic E-state index is 13.1. The van der Waals surface area contributed by atoms with Crippen molar-refractivity contribution in [2.24, 2.45) is 5.92 Å². The minimum absolute atomic E-state index is 0.0262. The summed E-state index contributed by atoms with van der Waals surface area (Å²) in [4.78, 5) is 22.4. The van der Waals surface area contributed by atoms with Crippen molar-refractivity contribution < 1.29 is 23.5 Å². The highest BCUT2D eigenvalue weighted by atomic mass is 19.2. The van der Waals surface area contributed by atoms with Crippen LogP contribution in [0.25, 0.3) is 0 Å². The van der Waals surface area contributed by atoms with Gasteiger partial charge >= 0.3 is 6.09 Å². The molecule has 3 N–H and O–H groups in total. The summed E-state index contributed by atoms with van der Waals surface area (Å²) in [5.74, 6) is -2.18. The van der Waals surface area contributed by atoms with Crippen LogP contribution in [0.2, 0.25) is 0 Å². The average Bonchev–Trinajstić information content (AvgIpc) is 2.49. The van der Waals surface area contributed by atoms with E-state index in [1.807, 2.05) is 0 Å². The van der Waals surface area contributed by atoms with E-state index in [4.69, 9.17) is 5.11 Å². The molecule has 0 bridgehead atoms. The Morgan fingerprint density at radius 3 is 2.41 bits per heavy atom. The second kappa shape index (κ2) is 7.20. The van der Waals surface area contributed by atoms with E-state index in [1.165, 1.54) is 6.07 Å². The van der Waals surface area contributed by atoms with E-state index in [2.05, 4.69) is 10.6 Å². The number of carbonyl (C=O) groups is 2. The number of rotatable bonds is 4. The summed E-state index contributed by atoms with van der Waals surface area (Å²) in [5, 5.41) is 13.7. The van der Waals surface area contributed by atoms with Gasteiger partial charge in [-0.3, -0.25) is 4.79 Å². The first kappa shape index (κ1) is 16.2. The van der Waals surface area contributed by atoms with Gasteiger partial charge in [-0.15, -0.1) is 0 Å². The third kappa shape index (κ3) is 4.41. The molecule has 1 aromatic carbocycles. The summed E-state index contributed by atoms with van der Waals surface area (Å²) >= 11 is 0. The molecule has 0 aliphatic heterocycles. The predicted octanol–water partition coefficient (Wildman–Crippen LogP) is 2.52. The normalized spacial score (nSPS) is 21.2. The van der Waals surface area contributed by atoms with E-state index in [-0.39, 0.29) is 17.5 Å². The highest BCUT2D eigenvalue weighted by Crippen LogP contribution is 2.24. The van der Waals surface area contributed by atoms with Gasteiger partial charge in [0.25, 0.3) is 5.91 Å². The molecule has 2 rings (SSSR count). The van der Waals surface area contributed by atoms with Crippen LogP contribution < -0.4 is 10.6 Å². The number of hydrogen-bond donors (Lipinski definition) is 3. The fourth-order valence-corrected chi connectivity index (χ4v) is 2.65. The maximum Gasteiger partial charge on any atom is 0.404 e. The van der Waals surface area contributed by atoms with Crippen molar-refractivity contribution in [3.63, 3.8) is 0 Å². The molecule has 1 saturated carbocycles. The first-order valence-electron chi connectivity index (χ1n) is 7.18. The number of benzene rings is 1. The van der Waals surface area contributed by atoms with Gasteiger partial charge in [-0.05, 0) is 49.8 Å². The SMILES string of the molecule is O=C(O)NCC1CCC(NC(=O)c2ccc(F)c(F)c2)CC1. The van der Waals surface area contributed by atoms with Crippen LogP contribution in [-0.2, 0) is 0 Å². The molecule has 120 valence electrons. The third-order valence-corrected chi connectivity index (χ3v) is 3.91. The first-order valence-corrected chi connectivity index (χ1v) is 7.18. The zero-order valence-electron chi connectivity index (χ0n) is 11.9. The quantitative estimate of drug-likeness (QED) is 0.799. The van der Waals surface area contributed by atoms with Gasteiger partial charge in [0.05, 0.1) is 0 Å². The Kier molecular flexibility index (Phi) is 5.30. The summed E-state index contributed by atoms with van der Waals surface area (Å²) in [6.45, 7) is 0.416. The van der Waals surface area contributed by atoms with E-state index in [1.54, 1.807) is 0 Å². The molecule has 0 atom stereocenters. The molecule has 0 heterocycles. The number of carbonyl (C=O) groups excluding carboxylic acids is 1. The number of hydrogen-bond acceptors (Lipinski definition) is 2. The Balaban J connectivity index is 1.81. The fraction of sp³-hybridized carbons (Fsp3) is 0.467. The van der Waals surface area contributed by atoms with Crippen LogP contribution in [-0.4, -0.2) is 29.7 Å². The maximum absolute atomic E-state index is 13.1. The van der Waals surface area contributed by atoms with Crippen molar-refractivity contribution in [2.45, 2.75) is 31.7 Å². The lowest BCUT2D eigenvalue weighted by molar-refractivity contribution is 0.0921. The molecule has 0 radical (unpaired) electrons. The number of halogens is 2. The summed E-state index contributed by atoms with van der Waals surface area (Å²) in [6, 6.07) is 3.03. The lowest BCUT2D eigenvalue weighted by Gasteiger charge is -2.29. The van der Waals surface area contributed by atoms with Crippen LogP contribution in [0.4, 0.5) is 13.6 Å². The number of amides is 2. The molecular formula is C15H18F2N2O3. The predicted molar refractivity (Wildman–Crippen MR) is 75.6 cm³/mol. The number of nitrogens with one attached hydrogen (secondary N) is 2. The molecule has 7 heteroatoms. The Hall–Kier alpha value is -2.18. The summed E-state index contributed by atoms with van der Waals surface area (Å²) in [6.07, 6.45) is 2.06. The fourth-order valence-electron chi connectivity index (χ4n) is 2.65. The Morgan fingerprint density at radius 1 is 1.14 bits per heavy atom. The molecule has 0 aromatic heterocycles. The molecule has 5 nitrogen and oxygen atoms in total. The highest BCUT2D eigenvalue weighted by Gasteiger charge is 2.23. The number of carboxylic acid groups (broad SMARTS) is 1. The van der Waals surface area contributed by atoms with Gasteiger partial charge in [0.1, 0.15) is 0 Å². The van der Waals surface area contributed by atoms with Crippen molar-refractivity contribution in [1.29, 1.82) is 0 Å². The molecular weight excluding hydrogens is 294 g/mol. The summed E-state index contributed by atoms with van der Waals surface area (Å²) in [7, 11) is 0. The van der Waals surface area contributed by atoms with Crippen molar-refractivity contribution in [1.82, 2.24) is 10.6 Å². The van der Waals surface area contributed by atoms with E-state index in [0.717, 1.165) is 37.8 Å². The minimum atomic E-state index is -1.05. The first-order chi connectivity index (χ1) is 10.5. The van der Waals surface area contributed by atoms with Gasteiger partial charge in [0.2, 0.25) is 0 Å². The molecule has 1 aliphatic rings. The van der Waals surface area contributed by atoms with Crippen molar-refractivity contribution >= 4 is 12.0 Å².